The third-order valence-corrected chi connectivity index (χ3v) is 5.35. The number of unbranched alkanes of at least 4 members (excludes halogenated alkanes) is 1. The first-order valence-electron chi connectivity index (χ1n) is 8.91. The quantitative estimate of drug-likeness (QED) is 0.725. The van der Waals surface area contributed by atoms with Gasteiger partial charge in [0.1, 0.15) is 5.75 Å². The van der Waals surface area contributed by atoms with Gasteiger partial charge < -0.3 is 9.84 Å². The van der Waals surface area contributed by atoms with Gasteiger partial charge in [-0.3, -0.25) is 5.32 Å². The minimum Gasteiger partial charge on any atom is -0.337 e. The molecule has 1 aliphatic rings. The van der Waals surface area contributed by atoms with Gasteiger partial charge in [0.2, 0.25) is 0 Å². The SMILES string of the molecule is CCCCC1CCC(CNC(=O)Nc2nc(CS(C)(=O)=O)no2)CC1. The second-order valence-electron chi connectivity index (χ2n) is 6.95. The van der Waals surface area contributed by atoms with Crippen LogP contribution in [0.3, 0.4) is 0 Å². The van der Waals surface area contributed by atoms with E-state index >= 15 is 0 Å². The van der Waals surface area contributed by atoms with Crippen LogP contribution in [0.4, 0.5) is 10.8 Å². The Balaban J connectivity index is 1.68. The fourth-order valence-corrected chi connectivity index (χ4v) is 3.78. The minimum absolute atomic E-state index is 0.0307. The normalized spacial score (nSPS) is 21.0. The molecule has 1 heterocycles. The van der Waals surface area contributed by atoms with E-state index in [0.717, 1.165) is 25.0 Å². The molecule has 2 rings (SSSR count). The molecule has 1 fully saturated rings. The summed E-state index contributed by atoms with van der Waals surface area (Å²) < 4.78 is 27.2. The van der Waals surface area contributed by atoms with E-state index in [1.165, 1.54) is 32.1 Å². The van der Waals surface area contributed by atoms with Crippen LogP contribution in [0.2, 0.25) is 0 Å². The van der Waals surface area contributed by atoms with E-state index in [-0.39, 0.29) is 17.6 Å². The summed E-state index contributed by atoms with van der Waals surface area (Å²) in [6.45, 7) is 2.85. The number of nitrogens with zero attached hydrogens (tertiary/aromatic N) is 2. The second-order valence-corrected chi connectivity index (χ2v) is 9.09. The molecule has 0 aromatic carbocycles. The van der Waals surface area contributed by atoms with Crippen molar-refractivity contribution in [3.63, 3.8) is 0 Å². The van der Waals surface area contributed by atoms with Gasteiger partial charge >= 0.3 is 12.0 Å². The summed E-state index contributed by atoms with van der Waals surface area (Å²) in [6, 6.07) is -0.512. The first-order chi connectivity index (χ1) is 11.9. The van der Waals surface area contributed by atoms with Crippen molar-refractivity contribution < 1.29 is 17.7 Å². The molecule has 0 atom stereocenters. The van der Waals surface area contributed by atoms with Crippen LogP contribution in [0.5, 0.6) is 0 Å². The lowest BCUT2D eigenvalue weighted by molar-refractivity contribution is 0.236. The molecule has 8 nitrogen and oxygen atoms in total. The summed E-state index contributed by atoms with van der Waals surface area (Å²) in [5.74, 6) is 1.06. The van der Waals surface area contributed by atoms with Gasteiger partial charge in [-0.2, -0.15) is 4.98 Å². The predicted molar refractivity (Wildman–Crippen MR) is 94.8 cm³/mol. The molecule has 0 radical (unpaired) electrons. The van der Waals surface area contributed by atoms with Crippen LogP contribution in [-0.4, -0.2) is 37.4 Å². The lowest BCUT2D eigenvalue weighted by Crippen LogP contribution is -2.34. The standard InChI is InChI=1S/C16H28N4O4S/c1-3-4-5-12-6-8-13(9-7-12)10-17-15(21)19-16-18-14(20-24-16)11-25(2,22)23/h12-13H,3-11H2,1-2H3,(H2,17,18,19,20,21). The lowest BCUT2D eigenvalue weighted by Gasteiger charge is -2.28. The predicted octanol–water partition coefficient (Wildman–Crippen LogP) is 2.73. The zero-order chi connectivity index (χ0) is 18.3. The van der Waals surface area contributed by atoms with Crippen molar-refractivity contribution in [3.05, 3.63) is 5.82 Å². The summed E-state index contributed by atoms with van der Waals surface area (Å²) in [7, 11) is -3.24. The van der Waals surface area contributed by atoms with Crippen LogP contribution >= 0.6 is 0 Å². The largest absolute Gasteiger partial charge is 0.337 e. The number of urea groups is 1. The zero-order valence-corrected chi connectivity index (χ0v) is 15.8. The number of hydrogen-bond acceptors (Lipinski definition) is 6. The number of sulfone groups is 1. The van der Waals surface area contributed by atoms with Crippen LogP contribution in [0.1, 0.15) is 57.7 Å². The van der Waals surface area contributed by atoms with Gasteiger partial charge in [-0.1, -0.05) is 44.2 Å². The first-order valence-corrected chi connectivity index (χ1v) is 11.0. The molecule has 2 N–H and O–H groups in total. The van der Waals surface area contributed by atoms with Crippen LogP contribution in [-0.2, 0) is 15.6 Å². The number of rotatable bonds is 8. The molecule has 1 aromatic heterocycles. The zero-order valence-electron chi connectivity index (χ0n) is 15.0. The van der Waals surface area contributed by atoms with Gasteiger partial charge in [0.05, 0.1) is 0 Å². The highest BCUT2D eigenvalue weighted by Gasteiger charge is 2.21. The average molecular weight is 372 g/mol. The summed E-state index contributed by atoms with van der Waals surface area (Å²) in [6.07, 6.45) is 9.75. The third-order valence-electron chi connectivity index (χ3n) is 4.56. The van der Waals surface area contributed by atoms with Crippen molar-refractivity contribution in [2.45, 2.75) is 57.6 Å². The van der Waals surface area contributed by atoms with Crippen molar-refractivity contribution in [3.8, 4) is 0 Å². The monoisotopic (exact) mass is 372 g/mol. The van der Waals surface area contributed by atoms with Crippen molar-refractivity contribution >= 4 is 21.9 Å². The molecule has 142 valence electrons. The Morgan fingerprint density at radius 2 is 1.92 bits per heavy atom. The number of hydrogen-bond donors (Lipinski definition) is 2. The highest BCUT2D eigenvalue weighted by molar-refractivity contribution is 7.89. The number of aromatic nitrogens is 2. The van der Waals surface area contributed by atoms with Gasteiger partial charge in [-0.15, -0.1) is 0 Å². The second kappa shape index (κ2) is 9.17. The van der Waals surface area contributed by atoms with Gasteiger partial charge in [0, 0.05) is 12.8 Å². The molecule has 0 aliphatic heterocycles. The first kappa shape index (κ1) is 19.7. The molecule has 0 saturated heterocycles. The molecule has 1 aliphatic carbocycles. The van der Waals surface area contributed by atoms with Gasteiger partial charge in [0.25, 0.3) is 0 Å². The van der Waals surface area contributed by atoms with E-state index < -0.39 is 15.9 Å². The fourth-order valence-electron chi connectivity index (χ4n) is 3.19. The van der Waals surface area contributed by atoms with E-state index in [4.69, 9.17) is 4.52 Å². The van der Waals surface area contributed by atoms with Crippen molar-refractivity contribution in [1.82, 2.24) is 15.5 Å². The Morgan fingerprint density at radius 1 is 1.24 bits per heavy atom. The molecular formula is C16H28N4O4S. The van der Waals surface area contributed by atoms with Gasteiger partial charge in [-0.25, -0.2) is 13.2 Å². The van der Waals surface area contributed by atoms with Crippen molar-refractivity contribution in [2.75, 3.05) is 18.1 Å². The number of anilines is 1. The molecule has 1 aromatic rings. The van der Waals surface area contributed by atoms with Gasteiger partial charge in [0.15, 0.2) is 15.7 Å². The van der Waals surface area contributed by atoms with Crippen molar-refractivity contribution in [1.29, 1.82) is 0 Å². The summed E-state index contributed by atoms with van der Waals surface area (Å²) >= 11 is 0. The lowest BCUT2D eigenvalue weighted by atomic mass is 9.80. The smallest absolute Gasteiger partial charge is 0.329 e. The highest BCUT2D eigenvalue weighted by atomic mass is 32.2. The molecule has 1 saturated carbocycles. The van der Waals surface area contributed by atoms with E-state index in [2.05, 4.69) is 27.7 Å². The maximum absolute atomic E-state index is 11.9. The Labute approximate surface area is 149 Å². The summed E-state index contributed by atoms with van der Waals surface area (Å²) in [4.78, 5) is 15.7. The summed E-state index contributed by atoms with van der Waals surface area (Å²) in [5.41, 5.74) is 0. The minimum atomic E-state index is -3.24. The Bertz CT molecular complexity index is 651. The molecule has 9 heteroatoms. The van der Waals surface area contributed by atoms with Crippen LogP contribution in [0, 0.1) is 11.8 Å². The molecular weight excluding hydrogens is 344 g/mol. The number of nitrogens with one attached hydrogen (secondary N) is 2. The van der Waals surface area contributed by atoms with E-state index in [1.54, 1.807) is 0 Å². The number of carbonyl (C=O) groups excluding carboxylic acids is 1. The Morgan fingerprint density at radius 3 is 2.56 bits per heavy atom. The third kappa shape index (κ3) is 7.41. The van der Waals surface area contributed by atoms with Crippen LogP contribution in [0.15, 0.2) is 4.52 Å². The van der Waals surface area contributed by atoms with Crippen molar-refractivity contribution in [2.24, 2.45) is 11.8 Å². The maximum atomic E-state index is 11.9. The molecule has 0 bridgehead atoms. The average Bonchev–Trinajstić information content (AvgIpc) is 2.96. The molecule has 0 spiro atoms. The van der Waals surface area contributed by atoms with E-state index in [9.17, 15) is 13.2 Å². The topological polar surface area (TPSA) is 114 Å². The van der Waals surface area contributed by atoms with E-state index in [1.807, 2.05) is 0 Å². The van der Waals surface area contributed by atoms with Crippen LogP contribution in [0.25, 0.3) is 0 Å². The molecule has 0 unspecified atom stereocenters. The highest BCUT2D eigenvalue weighted by Crippen LogP contribution is 2.31. The van der Waals surface area contributed by atoms with Crippen LogP contribution < -0.4 is 10.6 Å². The van der Waals surface area contributed by atoms with E-state index in [0.29, 0.717) is 12.5 Å². The summed E-state index contributed by atoms with van der Waals surface area (Å²) in [5, 5.41) is 8.79. The maximum Gasteiger partial charge on any atom is 0.329 e. The molecule has 2 amide bonds. The number of amides is 2. The van der Waals surface area contributed by atoms with Gasteiger partial charge in [-0.05, 0) is 24.7 Å². The Kier molecular flexibility index (Phi) is 7.22. The Hall–Kier alpha value is -1.64. The fraction of sp³-hybridized carbons (Fsp3) is 0.812. The number of carbonyl (C=O) groups is 1. The molecule has 25 heavy (non-hydrogen) atoms.